The predicted molar refractivity (Wildman–Crippen MR) is 70.2 cm³/mol. The van der Waals surface area contributed by atoms with E-state index < -0.39 is 5.97 Å². The van der Waals surface area contributed by atoms with Gasteiger partial charge in [0.05, 0.1) is 12.8 Å². The molecular weight excluding hydrogens is 230 g/mol. The van der Waals surface area contributed by atoms with Crippen LogP contribution in [0, 0.1) is 0 Å². The van der Waals surface area contributed by atoms with Crippen molar-refractivity contribution >= 4 is 11.7 Å². The number of anilines is 1. The number of piperidine rings is 1. The van der Waals surface area contributed by atoms with Crippen molar-refractivity contribution in [1.82, 2.24) is 0 Å². The summed E-state index contributed by atoms with van der Waals surface area (Å²) in [4.78, 5) is 12.8. The van der Waals surface area contributed by atoms with Crippen LogP contribution in [-0.2, 0) is 4.79 Å². The van der Waals surface area contributed by atoms with Crippen LogP contribution in [0.1, 0.15) is 12.8 Å². The molecule has 0 aromatic heterocycles. The van der Waals surface area contributed by atoms with E-state index in [2.05, 4.69) is 4.90 Å². The van der Waals surface area contributed by atoms with Gasteiger partial charge in [-0.1, -0.05) is 17.7 Å². The van der Waals surface area contributed by atoms with Gasteiger partial charge in [-0.05, 0) is 25.0 Å². The van der Waals surface area contributed by atoms with Gasteiger partial charge in [0.15, 0.2) is 0 Å². The SMILES string of the molecule is COc1ccccc1N1CCC(=CC(=O)O)CC1. The fourth-order valence-electron chi connectivity index (χ4n) is 2.24. The van der Waals surface area contributed by atoms with Crippen molar-refractivity contribution in [1.29, 1.82) is 0 Å². The summed E-state index contributed by atoms with van der Waals surface area (Å²) in [5.41, 5.74) is 2.09. The number of carbonyl (C=O) groups is 1. The van der Waals surface area contributed by atoms with Gasteiger partial charge in [0, 0.05) is 19.2 Å². The average Bonchev–Trinajstić information content (AvgIpc) is 2.39. The Hall–Kier alpha value is -1.97. The van der Waals surface area contributed by atoms with Crippen molar-refractivity contribution in [3.05, 3.63) is 35.9 Å². The van der Waals surface area contributed by atoms with Crippen molar-refractivity contribution in [3.63, 3.8) is 0 Å². The number of rotatable bonds is 3. The topological polar surface area (TPSA) is 49.8 Å². The lowest BCUT2D eigenvalue weighted by atomic mass is 10.0. The first-order valence-electron chi connectivity index (χ1n) is 6.01. The Morgan fingerprint density at radius 2 is 2.00 bits per heavy atom. The van der Waals surface area contributed by atoms with E-state index >= 15 is 0 Å². The molecule has 96 valence electrons. The van der Waals surface area contributed by atoms with Gasteiger partial charge in [-0.25, -0.2) is 4.79 Å². The van der Waals surface area contributed by atoms with E-state index in [4.69, 9.17) is 9.84 Å². The first kappa shape index (κ1) is 12.5. The minimum absolute atomic E-state index is 0.796. The van der Waals surface area contributed by atoms with Crippen LogP contribution in [0.2, 0.25) is 0 Å². The highest BCUT2D eigenvalue weighted by Crippen LogP contribution is 2.30. The van der Waals surface area contributed by atoms with Crippen molar-refractivity contribution in [3.8, 4) is 5.75 Å². The van der Waals surface area contributed by atoms with Gasteiger partial charge >= 0.3 is 5.97 Å². The van der Waals surface area contributed by atoms with Crippen LogP contribution in [0.5, 0.6) is 5.75 Å². The number of carboxylic acids is 1. The molecular formula is C14H17NO3. The van der Waals surface area contributed by atoms with Crippen LogP contribution < -0.4 is 9.64 Å². The molecule has 2 rings (SSSR count). The zero-order chi connectivity index (χ0) is 13.0. The average molecular weight is 247 g/mol. The van der Waals surface area contributed by atoms with Gasteiger partial charge in [-0.15, -0.1) is 0 Å². The van der Waals surface area contributed by atoms with E-state index in [9.17, 15) is 4.79 Å². The lowest BCUT2D eigenvalue weighted by Crippen LogP contribution is -2.31. The van der Waals surface area contributed by atoms with Gasteiger partial charge in [-0.2, -0.15) is 0 Å². The maximum Gasteiger partial charge on any atom is 0.328 e. The fourth-order valence-corrected chi connectivity index (χ4v) is 2.24. The van der Waals surface area contributed by atoms with E-state index in [0.717, 1.165) is 42.9 Å². The van der Waals surface area contributed by atoms with Crippen molar-refractivity contribution in [2.75, 3.05) is 25.1 Å². The molecule has 1 N–H and O–H groups in total. The Morgan fingerprint density at radius 3 is 2.61 bits per heavy atom. The van der Waals surface area contributed by atoms with Gasteiger partial charge < -0.3 is 14.7 Å². The smallest absolute Gasteiger partial charge is 0.328 e. The number of nitrogens with zero attached hydrogens (tertiary/aromatic N) is 1. The number of methoxy groups -OCH3 is 1. The minimum Gasteiger partial charge on any atom is -0.495 e. The first-order chi connectivity index (χ1) is 8.70. The molecule has 1 aliphatic heterocycles. The van der Waals surface area contributed by atoms with Crippen LogP contribution in [0.4, 0.5) is 5.69 Å². The Labute approximate surface area is 106 Å². The van der Waals surface area contributed by atoms with Crippen LogP contribution >= 0.6 is 0 Å². The number of benzene rings is 1. The van der Waals surface area contributed by atoms with Gasteiger partial charge in [0.1, 0.15) is 5.75 Å². The summed E-state index contributed by atoms with van der Waals surface area (Å²) in [6.07, 6.45) is 2.92. The molecule has 4 nitrogen and oxygen atoms in total. The summed E-state index contributed by atoms with van der Waals surface area (Å²) in [5.74, 6) is 0.0129. The summed E-state index contributed by atoms with van der Waals surface area (Å²) < 4.78 is 5.34. The zero-order valence-electron chi connectivity index (χ0n) is 10.4. The zero-order valence-corrected chi connectivity index (χ0v) is 10.4. The summed E-state index contributed by atoms with van der Waals surface area (Å²) in [7, 11) is 1.67. The Morgan fingerprint density at radius 1 is 1.33 bits per heavy atom. The minimum atomic E-state index is -0.851. The monoisotopic (exact) mass is 247 g/mol. The Kier molecular flexibility index (Phi) is 3.87. The van der Waals surface area contributed by atoms with Gasteiger partial charge in [0.25, 0.3) is 0 Å². The van der Waals surface area contributed by atoms with E-state index in [1.807, 2.05) is 24.3 Å². The molecule has 0 radical (unpaired) electrons. The van der Waals surface area contributed by atoms with Gasteiger partial charge in [-0.3, -0.25) is 0 Å². The second kappa shape index (κ2) is 5.58. The lowest BCUT2D eigenvalue weighted by Gasteiger charge is -2.31. The molecule has 0 saturated carbocycles. The van der Waals surface area contributed by atoms with E-state index in [1.54, 1.807) is 7.11 Å². The highest BCUT2D eigenvalue weighted by Gasteiger charge is 2.17. The van der Waals surface area contributed by atoms with Gasteiger partial charge in [0.2, 0.25) is 0 Å². The highest BCUT2D eigenvalue weighted by atomic mass is 16.5. The normalized spacial score (nSPS) is 15.4. The summed E-state index contributed by atoms with van der Waals surface area (Å²) in [5, 5.41) is 8.72. The third-order valence-electron chi connectivity index (χ3n) is 3.16. The summed E-state index contributed by atoms with van der Waals surface area (Å²) in [6.45, 7) is 1.67. The van der Waals surface area contributed by atoms with E-state index in [1.165, 1.54) is 6.08 Å². The summed E-state index contributed by atoms with van der Waals surface area (Å²) >= 11 is 0. The fraction of sp³-hybridized carbons (Fsp3) is 0.357. The molecule has 4 heteroatoms. The molecule has 1 fully saturated rings. The van der Waals surface area contributed by atoms with Crippen LogP contribution in [0.25, 0.3) is 0 Å². The second-order valence-electron chi connectivity index (χ2n) is 4.30. The van der Waals surface area contributed by atoms with Crippen LogP contribution in [0.3, 0.4) is 0 Å². The van der Waals surface area contributed by atoms with E-state index in [0.29, 0.717) is 0 Å². The quantitative estimate of drug-likeness (QED) is 0.833. The van der Waals surface area contributed by atoms with Crippen LogP contribution in [-0.4, -0.2) is 31.3 Å². The molecule has 0 unspecified atom stereocenters. The largest absolute Gasteiger partial charge is 0.495 e. The summed E-state index contributed by atoms with van der Waals surface area (Å²) in [6, 6.07) is 7.91. The van der Waals surface area contributed by atoms with Crippen molar-refractivity contribution < 1.29 is 14.6 Å². The molecule has 1 aromatic rings. The Bertz CT molecular complexity index is 458. The molecule has 1 saturated heterocycles. The predicted octanol–water partition coefficient (Wildman–Crippen LogP) is 2.31. The molecule has 0 spiro atoms. The maximum atomic E-state index is 10.6. The first-order valence-corrected chi connectivity index (χ1v) is 6.01. The molecule has 1 heterocycles. The third-order valence-corrected chi connectivity index (χ3v) is 3.16. The standard InChI is InChI=1S/C14H17NO3/c1-18-13-5-3-2-4-12(13)15-8-6-11(7-9-15)10-14(16)17/h2-5,10H,6-9H2,1H3,(H,16,17). The molecule has 0 atom stereocenters. The maximum absolute atomic E-state index is 10.6. The molecule has 0 amide bonds. The molecule has 0 aliphatic carbocycles. The van der Waals surface area contributed by atoms with Crippen LogP contribution in [0.15, 0.2) is 35.9 Å². The Balaban J connectivity index is 2.08. The number of ether oxygens (including phenoxy) is 1. The molecule has 1 aromatic carbocycles. The molecule has 1 aliphatic rings. The molecule has 18 heavy (non-hydrogen) atoms. The number of para-hydroxylation sites is 2. The second-order valence-corrected chi connectivity index (χ2v) is 4.30. The highest BCUT2D eigenvalue weighted by molar-refractivity contribution is 5.80. The van der Waals surface area contributed by atoms with Crippen molar-refractivity contribution in [2.45, 2.75) is 12.8 Å². The lowest BCUT2D eigenvalue weighted by molar-refractivity contribution is -0.131. The molecule has 0 bridgehead atoms. The number of carboxylic acid groups (broad SMARTS) is 1. The number of hydrogen-bond acceptors (Lipinski definition) is 3. The third kappa shape index (κ3) is 2.83. The number of aliphatic carboxylic acids is 1. The van der Waals surface area contributed by atoms with Crippen molar-refractivity contribution in [2.24, 2.45) is 0 Å². The van der Waals surface area contributed by atoms with E-state index in [-0.39, 0.29) is 0 Å². The number of hydrogen-bond donors (Lipinski definition) is 1.